The number of hydrogen-bond acceptors (Lipinski definition) is 5. The largest absolute Gasteiger partial charge is 0.390 e. The monoisotopic (exact) mass is 410 g/mol. The lowest BCUT2D eigenvalue weighted by atomic mass is 10.1. The lowest BCUT2D eigenvalue weighted by Gasteiger charge is -2.32. The number of hydrogen-bond donors (Lipinski definition) is 1. The van der Waals surface area contributed by atoms with E-state index in [1.165, 1.54) is 0 Å². The highest BCUT2D eigenvalue weighted by Gasteiger charge is 2.25. The highest BCUT2D eigenvalue weighted by Crippen LogP contribution is 2.24. The van der Waals surface area contributed by atoms with Gasteiger partial charge in [-0.15, -0.1) is 16.9 Å². The van der Waals surface area contributed by atoms with Gasteiger partial charge in [0.25, 0.3) is 0 Å². The summed E-state index contributed by atoms with van der Waals surface area (Å²) < 4.78 is 2.81. The van der Waals surface area contributed by atoms with Crippen molar-refractivity contribution in [1.82, 2.24) is 19.9 Å². The second-order valence-electron chi connectivity index (χ2n) is 5.73. The van der Waals surface area contributed by atoms with Crippen LogP contribution >= 0.6 is 27.7 Å². The van der Waals surface area contributed by atoms with E-state index in [0.717, 1.165) is 28.8 Å². The first-order chi connectivity index (χ1) is 11.7. The average molecular weight is 411 g/mol. The fraction of sp³-hybridized carbons (Fsp3) is 0.438. The minimum atomic E-state index is -0.112. The Balaban J connectivity index is 1.55. The molecule has 1 unspecified atom stereocenters. The van der Waals surface area contributed by atoms with Gasteiger partial charge in [-0.05, 0) is 37.1 Å². The lowest BCUT2D eigenvalue weighted by molar-refractivity contribution is -0.130. The van der Waals surface area contributed by atoms with Gasteiger partial charge in [-0.3, -0.25) is 4.79 Å². The van der Waals surface area contributed by atoms with Gasteiger partial charge in [-0.2, -0.15) is 0 Å². The molecule has 0 saturated carbocycles. The molecule has 3 rings (SSSR count). The molecule has 1 aliphatic rings. The van der Waals surface area contributed by atoms with Crippen LogP contribution < -0.4 is 0 Å². The van der Waals surface area contributed by atoms with Crippen LogP contribution in [0.25, 0.3) is 0 Å². The van der Waals surface area contributed by atoms with E-state index in [1.54, 1.807) is 22.6 Å². The number of amides is 1. The first-order valence-electron chi connectivity index (χ1n) is 7.83. The van der Waals surface area contributed by atoms with E-state index in [0.29, 0.717) is 18.0 Å². The maximum atomic E-state index is 12.5. The van der Waals surface area contributed by atoms with E-state index >= 15 is 0 Å². The zero-order valence-corrected chi connectivity index (χ0v) is 15.5. The Bertz CT molecular complexity index is 692. The van der Waals surface area contributed by atoms with Crippen molar-refractivity contribution in [2.75, 3.05) is 18.8 Å². The number of nitrogens with zero attached hydrogens (tertiary/aromatic N) is 4. The summed E-state index contributed by atoms with van der Waals surface area (Å²) in [5.74, 6) is 0.586. The predicted octanol–water partition coefficient (Wildman–Crippen LogP) is 2.49. The number of thioether (sulfide) groups is 1. The molecule has 1 aliphatic heterocycles. The van der Waals surface area contributed by atoms with Gasteiger partial charge in [-0.1, -0.05) is 21.1 Å². The molecule has 1 fully saturated rings. The molecular formula is C16H19BrN4O2S. The third kappa shape index (κ3) is 4.37. The predicted molar refractivity (Wildman–Crippen MR) is 95.7 cm³/mol. The van der Waals surface area contributed by atoms with Crippen molar-refractivity contribution in [3.8, 4) is 0 Å². The second-order valence-corrected chi connectivity index (χ2v) is 7.69. The maximum absolute atomic E-state index is 12.5. The quantitative estimate of drug-likeness (QED) is 0.766. The van der Waals surface area contributed by atoms with Crippen LogP contribution in [0, 0.1) is 0 Å². The van der Waals surface area contributed by atoms with Gasteiger partial charge in [0.2, 0.25) is 5.91 Å². The van der Waals surface area contributed by atoms with Gasteiger partial charge in [0.15, 0.2) is 0 Å². The first kappa shape index (κ1) is 17.4. The molecule has 1 atom stereocenters. The van der Waals surface area contributed by atoms with E-state index < -0.39 is 0 Å². The molecule has 2 aromatic rings. The summed E-state index contributed by atoms with van der Waals surface area (Å²) >= 11 is 4.97. The van der Waals surface area contributed by atoms with Crippen molar-refractivity contribution in [3.63, 3.8) is 0 Å². The molecule has 6 nitrogen and oxygen atoms in total. The van der Waals surface area contributed by atoms with Crippen LogP contribution in [0.2, 0.25) is 0 Å². The van der Waals surface area contributed by atoms with Crippen molar-refractivity contribution >= 4 is 33.6 Å². The summed E-state index contributed by atoms with van der Waals surface area (Å²) in [4.78, 5) is 15.5. The van der Waals surface area contributed by atoms with Gasteiger partial charge in [-0.25, -0.2) is 4.68 Å². The van der Waals surface area contributed by atoms with Crippen LogP contribution in [0.3, 0.4) is 0 Å². The smallest absolute Gasteiger partial charge is 0.233 e. The molecule has 1 aromatic heterocycles. The SMILES string of the molecule is O=C(CSc1ccc(Br)cc1)N1CCCC(n2cc(CO)nn2)C1. The number of aliphatic hydroxyl groups is 1. The molecule has 1 saturated heterocycles. The molecule has 128 valence electrons. The van der Waals surface area contributed by atoms with Gasteiger partial charge in [0.05, 0.1) is 24.6 Å². The number of carbonyl (C=O) groups is 1. The van der Waals surface area contributed by atoms with E-state index in [2.05, 4.69) is 26.2 Å². The molecule has 24 heavy (non-hydrogen) atoms. The molecular weight excluding hydrogens is 392 g/mol. The number of carbonyl (C=O) groups excluding carboxylic acids is 1. The topological polar surface area (TPSA) is 71.2 Å². The third-order valence-corrected chi connectivity index (χ3v) is 5.54. The van der Waals surface area contributed by atoms with Gasteiger partial charge < -0.3 is 10.0 Å². The van der Waals surface area contributed by atoms with Crippen molar-refractivity contribution in [1.29, 1.82) is 0 Å². The van der Waals surface area contributed by atoms with Crippen LogP contribution in [0.4, 0.5) is 0 Å². The molecule has 0 bridgehead atoms. The number of aromatic nitrogens is 3. The zero-order chi connectivity index (χ0) is 16.9. The van der Waals surface area contributed by atoms with Crippen molar-refractivity contribution in [2.45, 2.75) is 30.4 Å². The van der Waals surface area contributed by atoms with E-state index in [9.17, 15) is 4.79 Å². The first-order valence-corrected chi connectivity index (χ1v) is 9.61. The Kier molecular flexibility index (Phi) is 5.91. The van der Waals surface area contributed by atoms with E-state index in [4.69, 9.17) is 5.11 Å². The summed E-state index contributed by atoms with van der Waals surface area (Å²) in [6.45, 7) is 1.32. The Morgan fingerprint density at radius 3 is 2.88 bits per heavy atom. The summed E-state index contributed by atoms with van der Waals surface area (Å²) in [5, 5.41) is 17.1. The average Bonchev–Trinajstić information content (AvgIpc) is 3.10. The van der Waals surface area contributed by atoms with Crippen LogP contribution in [0.1, 0.15) is 24.6 Å². The maximum Gasteiger partial charge on any atom is 0.233 e. The Morgan fingerprint density at radius 2 is 2.17 bits per heavy atom. The molecule has 0 aliphatic carbocycles. The van der Waals surface area contributed by atoms with E-state index in [1.807, 2.05) is 29.2 Å². The Hall–Kier alpha value is -1.38. The fourth-order valence-corrected chi connectivity index (χ4v) is 3.79. The van der Waals surface area contributed by atoms with E-state index in [-0.39, 0.29) is 18.6 Å². The summed E-state index contributed by atoms with van der Waals surface area (Å²) in [7, 11) is 0. The number of aliphatic hydroxyl groups excluding tert-OH is 1. The summed E-state index contributed by atoms with van der Waals surface area (Å²) in [6, 6.07) is 8.10. The van der Waals surface area contributed by atoms with Crippen LogP contribution in [0.15, 0.2) is 39.8 Å². The van der Waals surface area contributed by atoms with Crippen molar-refractivity contribution < 1.29 is 9.90 Å². The van der Waals surface area contributed by atoms with Gasteiger partial charge in [0.1, 0.15) is 5.69 Å². The standard InChI is InChI=1S/C16H19BrN4O2S/c17-12-3-5-15(6-4-12)24-11-16(23)20-7-1-2-14(9-20)21-8-13(10-22)18-19-21/h3-6,8,14,22H,1-2,7,9-11H2. The summed E-state index contributed by atoms with van der Waals surface area (Å²) in [5.41, 5.74) is 0.559. The third-order valence-electron chi connectivity index (χ3n) is 4.02. The lowest BCUT2D eigenvalue weighted by Crippen LogP contribution is -2.41. The molecule has 1 aromatic carbocycles. The second kappa shape index (κ2) is 8.13. The number of rotatable bonds is 5. The zero-order valence-electron chi connectivity index (χ0n) is 13.1. The molecule has 0 spiro atoms. The van der Waals surface area contributed by atoms with Crippen LogP contribution in [-0.2, 0) is 11.4 Å². The Morgan fingerprint density at radius 1 is 1.38 bits per heavy atom. The van der Waals surface area contributed by atoms with Gasteiger partial charge in [0, 0.05) is 22.5 Å². The summed E-state index contributed by atoms with van der Waals surface area (Å²) in [6.07, 6.45) is 3.68. The highest BCUT2D eigenvalue weighted by atomic mass is 79.9. The molecule has 8 heteroatoms. The minimum absolute atomic E-state index is 0.112. The molecule has 2 heterocycles. The van der Waals surface area contributed by atoms with Crippen molar-refractivity contribution in [3.05, 3.63) is 40.6 Å². The molecule has 1 N–H and O–H groups in total. The van der Waals surface area contributed by atoms with Crippen LogP contribution in [0.5, 0.6) is 0 Å². The minimum Gasteiger partial charge on any atom is -0.390 e. The number of piperidine rings is 1. The highest BCUT2D eigenvalue weighted by molar-refractivity contribution is 9.10. The fourth-order valence-electron chi connectivity index (χ4n) is 2.73. The number of benzene rings is 1. The number of halogens is 1. The Labute approximate surface area is 153 Å². The number of likely N-dealkylation sites (tertiary alicyclic amines) is 1. The normalized spacial score (nSPS) is 17.9. The molecule has 1 amide bonds. The molecule has 0 radical (unpaired) electrons. The van der Waals surface area contributed by atoms with Crippen molar-refractivity contribution in [2.24, 2.45) is 0 Å². The van der Waals surface area contributed by atoms with Crippen LogP contribution in [-0.4, -0.2) is 49.7 Å². The van der Waals surface area contributed by atoms with Gasteiger partial charge >= 0.3 is 0 Å².